The fourth-order valence-corrected chi connectivity index (χ4v) is 4.17. The monoisotopic (exact) mass is 711 g/mol. The highest BCUT2D eigenvalue weighted by Crippen LogP contribution is 2.30. The van der Waals surface area contributed by atoms with E-state index in [-0.39, 0.29) is 17.2 Å². The van der Waals surface area contributed by atoms with Crippen LogP contribution in [0.15, 0.2) is 104 Å². The number of benzene rings is 3. The molecule has 3 aromatic rings. The second kappa shape index (κ2) is 22.3. The van der Waals surface area contributed by atoms with Gasteiger partial charge in [0.2, 0.25) is 5.91 Å². The molecular weight excluding hydrogens is 670 g/mol. The summed E-state index contributed by atoms with van der Waals surface area (Å²) in [5.74, 6) is -1.29. The molecule has 0 spiro atoms. The predicted octanol–water partition coefficient (Wildman–Crippen LogP) is 6.66. The van der Waals surface area contributed by atoms with E-state index >= 15 is 0 Å². The molecule has 0 aliphatic rings. The Kier molecular flexibility index (Phi) is 17.2. The summed E-state index contributed by atoms with van der Waals surface area (Å²) in [4.78, 5) is 59.0. The predicted molar refractivity (Wildman–Crippen MR) is 195 cm³/mol. The fourth-order valence-electron chi connectivity index (χ4n) is 4.17. The maximum atomic E-state index is 12.7. The molecule has 12 nitrogen and oxygen atoms in total. The summed E-state index contributed by atoms with van der Waals surface area (Å²) in [6, 6.07) is 18.4. The number of esters is 4. The number of unbranched alkanes of at least 4 members (excludes halogenated alkanes) is 2. The van der Waals surface area contributed by atoms with E-state index < -0.39 is 29.8 Å². The lowest BCUT2D eigenvalue weighted by atomic mass is 10.2. The largest absolute Gasteiger partial charge is 0.494 e. The van der Waals surface area contributed by atoms with E-state index in [2.05, 4.69) is 18.5 Å². The fraction of sp³-hybridized carbons (Fsp3) is 0.225. The number of amides is 1. The maximum Gasteiger partial charge on any atom is 0.336 e. The number of hydrogen-bond acceptors (Lipinski definition) is 11. The van der Waals surface area contributed by atoms with Crippen molar-refractivity contribution >= 4 is 47.6 Å². The molecule has 3 aromatic carbocycles. The van der Waals surface area contributed by atoms with Crippen molar-refractivity contribution in [3.63, 3.8) is 0 Å². The third-order valence-electron chi connectivity index (χ3n) is 6.72. The lowest BCUT2D eigenvalue weighted by Gasteiger charge is -2.11. The van der Waals surface area contributed by atoms with Crippen LogP contribution in [0.25, 0.3) is 12.2 Å². The number of anilines is 1. The highest BCUT2D eigenvalue weighted by Gasteiger charge is 2.12. The zero-order valence-corrected chi connectivity index (χ0v) is 28.9. The van der Waals surface area contributed by atoms with Gasteiger partial charge in [-0.15, -0.1) is 0 Å². The van der Waals surface area contributed by atoms with Gasteiger partial charge in [-0.25, -0.2) is 14.4 Å². The van der Waals surface area contributed by atoms with E-state index in [0.29, 0.717) is 63.6 Å². The van der Waals surface area contributed by atoms with Crippen LogP contribution in [0.3, 0.4) is 0 Å². The third-order valence-corrected chi connectivity index (χ3v) is 6.72. The van der Waals surface area contributed by atoms with Gasteiger partial charge in [-0.05, 0) is 85.4 Å². The standard InChI is InChI=1S/C40H41NO11/c1-4-38(44)49-26-8-6-24-47-32-16-10-30(11-17-32)14-22-37(43)41-35-21-20-34(28-36(35)51-29(3)42)52-40(46)23-15-31-12-18-33(19-13-31)48-25-7-9-27-50-39(45)5-2/h4-5,10-23,28H,1-2,6-9,24-27H2,3H3,(H,41,43)/b22-14+,23-15+. The molecule has 0 atom stereocenters. The molecule has 3 rings (SSSR count). The Labute approximate surface area is 302 Å². The van der Waals surface area contributed by atoms with Crippen molar-refractivity contribution in [2.45, 2.75) is 32.6 Å². The van der Waals surface area contributed by atoms with E-state index in [0.717, 1.165) is 23.3 Å². The Morgan fingerprint density at radius 1 is 0.596 bits per heavy atom. The van der Waals surface area contributed by atoms with Gasteiger partial charge >= 0.3 is 23.9 Å². The molecule has 52 heavy (non-hydrogen) atoms. The first-order chi connectivity index (χ1) is 25.1. The van der Waals surface area contributed by atoms with Gasteiger partial charge in [-0.2, -0.15) is 0 Å². The molecule has 0 saturated heterocycles. The molecule has 0 heterocycles. The highest BCUT2D eigenvalue weighted by molar-refractivity contribution is 6.03. The Bertz CT molecular complexity index is 1740. The molecule has 0 radical (unpaired) electrons. The number of rotatable bonds is 21. The van der Waals surface area contributed by atoms with Crippen molar-refractivity contribution in [3.8, 4) is 23.0 Å². The van der Waals surface area contributed by atoms with Crippen LogP contribution >= 0.6 is 0 Å². The van der Waals surface area contributed by atoms with E-state index in [1.807, 2.05) is 0 Å². The molecule has 0 aromatic heterocycles. The van der Waals surface area contributed by atoms with Gasteiger partial charge in [-0.1, -0.05) is 37.4 Å². The smallest absolute Gasteiger partial charge is 0.336 e. The van der Waals surface area contributed by atoms with Crippen molar-refractivity contribution in [1.82, 2.24) is 0 Å². The van der Waals surface area contributed by atoms with Crippen molar-refractivity contribution in [2.75, 3.05) is 31.7 Å². The van der Waals surface area contributed by atoms with Crippen LogP contribution in [0.5, 0.6) is 23.0 Å². The first kappa shape index (κ1) is 40.0. The number of hydrogen-bond donors (Lipinski definition) is 1. The van der Waals surface area contributed by atoms with Crippen LogP contribution in [0.2, 0.25) is 0 Å². The van der Waals surface area contributed by atoms with Crippen LogP contribution in [0.4, 0.5) is 5.69 Å². The number of carbonyl (C=O) groups excluding carboxylic acids is 5. The molecule has 0 bridgehead atoms. The van der Waals surface area contributed by atoms with Crippen LogP contribution in [-0.2, 0) is 33.4 Å². The second-order valence-corrected chi connectivity index (χ2v) is 10.8. The Morgan fingerprint density at radius 3 is 1.58 bits per heavy atom. The number of ether oxygens (including phenoxy) is 6. The van der Waals surface area contributed by atoms with E-state index in [4.69, 9.17) is 28.4 Å². The van der Waals surface area contributed by atoms with Crippen molar-refractivity contribution < 1.29 is 52.4 Å². The lowest BCUT2D eigenvalue weighted by Crippen LogP contribution is -2.11. The minimum absolute atomic E-state index is 0.00253. The molecule has 0 unspecified atom stereocenters. The molecule has 0 aliphatic heterocycles. The van der Waals surface area contributed by atoms with Gasteiger partial charge in [0.25, 0.3) is 0 Å². The Hall–Kier alpha value is -6.43. The minimum Gasteiger partial charge on any atom is -0.494 e. The summed E-state index contributed by atoms with van der Waals surface area (Å²) in [7, 11) is 0. The maximum absolute atomic E-state index is 12.7. The SMILES string of the molecule is C=CC(=O)OCCCCOc1ccc(/C=C/C(=O)Nc2ccc(OC(=O)/C=C/c3ccc(OCCCCOC(=O)C=C)cc3)cc2OC(C)=O)cc1. The van der Waals surface area contributed by atoms with Gasteiger partial charge in [0.15, 0.2) is 5.75 Å². The van der Waals surface area contributed by atoms with Crippen LogP contribution in [0.1, 0.15) is 43.7 Å². The molecule has 272 valence electrons. The van der Waals surface area contributed by atoms with Gasteiger partial charge in [0.1, 0.15) is 17.2 Å². The second-order valence-electron chi connectivity index (χ2n) is 10.8. The molecule has 0 aliphatic carbocycles. The first-order valence-corrected chi connectivity index (χ1v) is 16.4. The first-order valence-electron chi connectivity index (χ1n) is 16.4. The Morgan fingerprint density at radius 2 is 1.08 bits per heavy atom. The number of carbonyl (C=O) groups is 5. The molecule has 0 fully saturated rings. The third kappa shape index (κ3) is 15.9. The molecular formula is C40H41NO11. The summed E-state index contributed by atoms with van der Waals surface area (Å²) < 4.78 is 31.8. The van der Waals surface area contributed by atoms with E-state index in [9.17, 15) is 24.0 Å². The summed E-state index contributed by atoms with van der Waals surface area (Å²) >= 11 is 0. The average molecular weight is 712 g/mol. The minimum atomic E-state index is -0.672. The van der Waals surface area contributed by atoms with Gasteiger partial charge in [0, 0.05) is 37.3 Å². The van der Waals surface area contributed by atoms with Gasteiger partial charge in [0.05, 0.1) is 32.1 Å². The molecule has 0 saturated carbocycles. The topological polar surface area (TPSA) is 153 Å². The van der Waals surface area contributed by atoms with Crippen molar-refractivity contribution in [3.05, 3.63) is 115 Å². The number of nitrogens with one attached hydrogen (secondary N) is 1. The molecule has 1 N–H and O–H groups in total. The summed E-state index contributed by atoms with van der Waals surface area (Å²) in [5, 5.41) is 2.66. The zero-order valence-electron chi connectivity index (χ0n) is 28.9. The molecule has 1 amide bonds. The van der Waals surface area contributed by atoms with Crippen molar-refractivity contribution in [1.29, 1.82) is 0 Å². The van der Waals surface area contributed by atoms with Gasteiger partial charge < -0.3 is 33.7 Å². The summed E-state index contributed by atoms with van der Waals surface area (Å²) in [6.45, 7) is 9.41. The highest BCUT2D eigenvalue weighted by atomic mass is 16.5. The van der Waals surface area contributed by atoms with Crippen molar-refractivity contribution in [2.24, 2.45) is 0 Å². The van der Waals surface area contributed by atoms with E-state index in [1.54, 1.807) is 60.7 Å². The quantitative estimate of drug-likeness (QED) is 0.0546. The van der Waals surface area contributed by atoms with Crippen LogP contribution in [-0.4, -0.2) is 56.2 Å². The van der Waals surface area contributed by atoms with Crippen LogP contribution in [0, 0.1) is 0 Å². The van der Waals surface area contributed by atoms with Gasteiger partial charge in [-0.3, -0.25) is 9.59 Å². The molecule has 12 heteroatoms. The lowest BCUT2D eigenvalue weighted by molar-refractivity contribution is -0.138. The van der Waals surface area contributed by atoms with Crippen LogP contribution < -0.4 is 24.3 Å². The zero-order chi connectivity index (χ0) is 37.6. The van der Waals surface area contributed by atoms with E-state index in [1.165, 1.54) is 37.3 Å². The normalized spacial score (nSPS) is 10.6. The summed E-state index contributed by atoms with van der Waals surface area (Å²) in [6.07, 6.45) is 10.7. The Balaban J connectivity index is 1.47. The summed E-state index contributed by atoms with van der Waals surface area (Å²) in [5.41, 5.74) is 1.67. The average Bonchev–Trinajstić information content (AvgIpc) is 3.14.